The fraction of sp³-hybridized carbons (Fsp3) is 0.882. The van der Waals surface area contributed by atoms with Gasteiger partial charge in [0, 0.05) is 67.1 Å². The van der Waals surface area contributed by atoms with Gasteiger partial charge in [0.25, 0.3) is 0 Å². The Labute approximate surface area is 247 Å². The smallest absolute Gasteiger partial charge is 0.303 e. The van der Waals surface area contributed by atoms with Gasteiger partial charge >= 0.3 is 5.97 Å². The van der Waals surface area contributed by atoms with Crippen molar-refractivity contribution in [1.82, 2.24) is 21.3 Å². The zero-order valence-electron chi connectivity index (χ0n) is 26.0. The molecule has 5 saturated heterocycles. The molecule has 0 spiro atoms. The Morgan fingerprint density at radius 2 is 1.37 bits per heavy atom. The van der Waals surface area contributed by atoms with Crippen molar-refractivity contribution in [2.75, 3.05) is 0 Å². The van der Waals surface area contributed by atoms with Gasteiger partial charge in [0.05, 0.1) is 0 Å². The van der Waals surface area contributed by atoms with Gasteiger partial charge in [0.1, 0.15) is 5.78 Å². The average Bonchev–Trinajstić information content (AvgIpc) is 3.69. The molecule has 15 unspecified atom stereocenters. The standard InChI is InChI=1S/C34H56N4O3/c1-7-19-16(4)24-13-26-18(6)22(10-11-31(40)41)33(37-26)23-12-30(39)32-21(9-3)29(38-34(23)32)15-28-20(8-2)17(5)25(36-28)14-27(19)35-24/h7,16-29,32-38H,1,8-15H2,2-6H3,(H,40,41)/t16?,17?,18-,19?,20?,21?,22-,23?,24?,25?,26?,27?,28?,29?,32?,33?,34?/m0/s1. The van der Waals surface area contributed by atoms with E-state index in [1.165, 1.54) is 6.42 Å². The van der Waals surface area contributed by atoms with Crippen LogP contribution in [0, 0.1) is 53.3 Å². The second kappa shape index (κ2) is 11.7. The molecule has 0 aromatic rings. The minimum atomic E-state index is -0.715. The van der Waals surface area contributed by atoms with Crippen LogP contribution < -0.4 is 21.3 Å². The van der Waals surface area contributed by atoms with E-state index in [1.54, 1.807) is 0 Å². The molecule has 17 atom stereocenters. The van der Waals surface area contributed by atoms with Gasteiger partial charge < -0.3 is 26.4 Å². The molecular weight excluding hydrogens is 512 g/mol. The van der Waals surface area contributed by atoms with Crippen LogP contribution in [0.15, 0.2) is 12.7 Å². The lowest BCUT2D eigenvalue weighted by molar-refractivity contribution is -0.137. The van der Waals surface area contributed by atoms with Crippen LogP contribution in [-0.4, -0.2) is 65.2 Å². The Hall–Kier alpha value is -1.28. The molecule has 5 N–H and O–H groups in total. The first-order valence-electron chi connectivity index (χ1n) is 17.1. The third-order valence-electron chi connectivity index (χ3n) is 13.5. The molecule has 0 radical (unpaired) electrons. The van der Waals surface area contributed by atoms with Gasteiger partial charge in [-0.15, -0.1) is 6.58 Å². The summed E-state index contributed by atoms with van der Waals surface area (Å²) in [4.78, 5) is 25.4. The van der Waals surface area contributed by atoms with Crippen molar-refractivity contribution in [3.8, 4) is 0 Å². The van der Waals surface area contributed by atoms with E-state index in [0.29, 0.717) is 90.4 Å². The number of aliphatic carboxylic acids is 1. The molecule has 1 saturated carbocycles. The molecule has 8 bridgehead atoms. The molecule has 0 aromatic carbocycles. The van der Waals surface area contributed by atoms with Gasteiger partial charge in [0.2, 0.25) is 0 Å². The summed E-state index contributed by atoms with van der Waals surface area (Å²) in [5, 5.41) is 26.1. The van der Waals surface area contributed by atoms with E-state index in [4.69, 9.17) is 0 Å². The minimum Gasteiger partial charge on any atom is -0.481 e. The number of rotatable bonds is 6. The van der Waals surface area contributed by atoms with Crippen LogP contribution in [0.25, 0.3) is 0 Å². The number of hydrogen-bond donors (Lipinski definition) is 5. The second-order valence-electron chi connectivity index (χ2n) is 15.1. The van der Waals surface area contributed by atoms with Gasteiger partial charge in [0.15, 0.2) is 0 Å². The highest BCUT2D eigenvalue weighted by molar-refractivity contribution is 5.85. The van der Waals surface area contributed by atoms with E-state index in [-0.39, 0.29) is 36.3 Å². The number of ketones is 1. The van der Waals surface area contributed by atoms with E-state index in [0.717, 1.165) is 25.7 Å². The summed E-state index contributed by atoms with van der Waals surface area (Å²) >= 11 is 0. The Kier molecular flexibility index (Phi) is 8.47. The maximum absolute atomic E-state index is 13.7. The number of carboxylic acids is 1. The van der Waals surface area contributed by atoms with E-state index < -0.39 is 5.97 Å². The molecule has 0 aromatic heterocycles. The van der Waals surface area contributed by atoms with Crippen molar-refractivity contribution in [1.29, 1.82) is 0 Å². The summed E-state index contributed by atoms with van der Waals surface area (Å²) in [6.07, 6.45) is 9.19. The number of fused-ring (bicyclic) bond motifs is 8. The summed E-state index contributed by atoms with van der Waals surface area (Å²) in [6.45, 7) is 16.1. The first-order valence-corrected chi connectivity index (χ1v) is 17.1. The predicted octanol–water partition coefficient (Wildman–Crippen LogP) is 3.98. The SMILES string of the molecule is C=CC1C2CC3NC(CC4NC5C(CC(=O)C5C4CC)C4NC(CC(N2)C1C)[C@@H](C)[C@@H]4CCC(=O)O)C(CC)C3C. The van der Waals surface area contributed by atoms with Gasteiger partial charge in [-0.3, -0.25) is 9.59 Å². The lowest BCUT2D eigenvalue weighted by atomic mass is 9.76. The molecule has 0 amide bonds. The van der Waals surface area contributed by atoms with Crippen LogP contribution in [0.4, 0.5) is 0 Å². The molecule has 6 fully saturated rings. The molecule has 1 aliphatic carbocycles. The van der Waals surface area contributed by atoms with Crippen LogP contribution in [-0.2, 0) is 9.59 Å². The van der Waals surface area contributed by atoms with Crippen LogP contribution in [0.5, 0.6) is 0 Å². The summed E-state index contributed by atoms with van der Waals surface area (Å²) < 4.78 is 0. The van der Waals surface area contributed by atoms with Crippen LogP contribution >= 0.6 is 0 Å². The summed E-state index contributed by atoms with van der Waals surface area (Å²) in [7, 11) is 0. The van der Waals surface area contributed by atoms with E-state index >= 15 is 0 Å². The van der Waals surface area contributed by atoms with Gasteiger partial charge in [-0.25, -0.2) is 0 Å². The maximum Gasteiger partial charge on any atom is 0.303 e. The largest absolute Gasteiger partial charge is 0.481 e. The quantitative estimate of drug-likeness (QED) is 0.309. The van der Waals surface area contributed by atoms with Crippen molar-refractivity contribution in [2.24, 2.45) is 53.3 Å². The molecule has 41 heavy (non-hydrogen) atoms. The molecule has 6 aliphatic rings. The Balaban J connectivity index is 1.36. The predicted molar refractivity (Wildman–Crippen MR) is 162 cm³/mol. The lowest BCUT2D eigenvalue weighted by Gasteiger charge is -2.32. The number of Topliss-reactive ketones (excluding diaryl/α,β-unsaturated/α-hetero) is 1. The van der Waals surface area contributed by atoms with Gasteiger partial charge in [-0.05, 0) is 73.0 Å². The van der Waals surface area contributed by atoms with Gasteiger partial charge in [-0.2, -0.15) is 0 Å². The third kappa shape index (κ3) is 5.05. The highest BCUT2D eigenvalue weighted by Gasteiger charge is 2.59. The van der Waals surface area contributed by atoms with E-state index in [9.17, 15) is 14.7 Å². The molecule has 6 rings (SSSR count). The molecule has 7 nitrogen and oxygen atoms in total. The highest BCUT2D eigenvalue weighted by atomic mass is 16.4. The summed E-state index contributed by atoms with van der Waals surface area (Å²) in [5.74, 6) is 3.34. The van der Waals surface area contributed by atoms with Gasteiger partial charge in [-0.1, -0.05) is 53.5 Å². The Morgan fingerprint density at radius 1 is 0.805 bits per heavy atom. The first kappa shape index (κ1) is 29.8. The molecule has 230 valence electrons. The second-order valence-corrected chi connectivity index (χ2v) is 15.1. The number of nitrogens with one attached hydrogen (secondary N) is 4. The normalized spacial score (nSPS) is 52.7. The average molecular weight is 569 g/mol. The topological polar surface area (TPSA) is 102 Å². The number of carbonyl (C=O) groups is 2. The minimum absolute atomic E-state index is 0.0997. The van der Waals surface area contributed by atoms with Crippen LogP contribution in [0.1, 0.15) is 86.0 Å². The van der Waals surface area contributed by atoms with Crippen molar-refractivity contribution >= 4 is 11.8 Å². The van der Waals surface area contributed by atoms with Crippen molar-refractivity contribution in [2.45, 2.75) is 134 Å². The monoisotopic (exact) mass is 568 g/mol. The highest BCUT2D eigenvalue weighted by Crippen LogP contribution is 2.50. The number of carboxylic acid groups (broad SMARTS) is 1. The van der Waals surface area contributed by atoms with Crippen molar-refractivity contribution in [3.05, 3.63) is 12.7 Å². The zero-order chi connectivity index (χ0) is 29.2. The first-order chi connectivity index (χ1) is 19.7. The van der Waals surface area contributed by atoms with Crippen molar-refractivity contribution in [3.63, 3.8) is 0 Å². The molecule has 7 heteroatoms. The zero-order valence-corrected chi connectivity index (χ0v) is 26.0. The molecule has 5 heterocycles. The number of carbonyl (C=O) groups excluding carboxylic acids is 1. The lowest BCUT2D eigenvalue weighted by Crippen LogP contribution is -2.48. The van der Waals surface area contributed by atoms with Crippen LogP contribution in [0.3, 0.4) is 0 Å². The van der Waals surface area contributed by atoms with Crippen LogP contribution in [0.2, 0.25) is 0 Å². The Bertz CT molecular complexity index is 1000. The van der Waals surface area contributed by atoms with E-state index in [1.807, 2.05) is 0 Å². The molecular formula is C34H56N4O3. The maximum atomic E-state index is 13.7. The van der Waals surface area contributed by atoms with E-state index in [2.05, 4.69) is 68.5 Å². The summed E-state index contributed by atoms with van der Waals surface area (Å²) in [6, 6.07) is 2.86. The van der Waals surface area contributed by atoms with Crippen molar-refractivity contribution < 1.29 is 14.7 Å². The fourth-order valence-corrected chi connectivity index (χ4v) is 11.3. The fourth-order valence-electron chi connectivity index (χ4n) is 11.3. The number of hydrogen-bond acceptors (Lipinski definition) is 6. The summed E-state index contributed by atoms with van der Waals surface area (Å²) in [5.41, 5.74) is 0. The third-order valence-corrected chi connectivity index (χ3v) is 13.5. The Morgan fingerprint density at radius 3 is 2.05 bits per heavy atom. The molecule has 5 aliphatic heterocycles.